The summed E-state index contributed by atoms with van der Waals surface area (Å²) in [6.45, 7) is 0. The predicted octanol–water partition coefficient (Wildman–Crippen LogP) is 3.20. The van der Waals surface area contributed by atoms with Crippen LogP contribution in [0.4, 0.5) is 0 Å². The summed E-state index contributed by atoms with van der Waals surface area (Å²) in [7, 11) is 5.69. The lowest BCUT2D eigenvalue weighted by atomic mass is 10.0. The Morgan fingerprint density at radius 1 is 0.846 bits per heavy atom. The van der Waals surface area contributed by atoms with Gasteiger partial charge in [0, 0.05) is 5.56 Å². The van der Waals surface area contributed by atoms with Gasteiger partial charge in [-0.1, -0.05) is 12.1 Å². The molecule has 0 amide bonds. The van der Waals surface area contributed by atoms with Crippen LogP contribution in [-0.2, 0) is 14.3 Å². The molecule has 0 spiro atoms. The van der Waals surface area contributed by atoms with Crippen molar-refractivity contribution in [1.82, 2.24) is 0 Å². The zero-order valence-electron chi connectivity index (χ0n) is 15.1. The molecule has 6 nitrogen and oxygen atoms in total. The van der Waals surface area contributed by atoms with E-state index in [1.165, 1.54) is 21.3 Å². The third-order valence-electron chi connectivity index (χ3n) is 3.74. The highest BCUT2D eigenvalue weighted by atomic mass is 16.5. The van der Waals surface area contributed by atoms with Gasteiger partial charge in [0.1, 0.15) is 11.5 Å². The van der Waals surface area contributed by atoms with E-state index in [-0.39, 0.29) is 0 Å². The Morgan fingerprint density at radius 2 is 1.54 bits per heavy atom. The van der Waals surface area contributed by atoms with E-state index in [1.807, 2.05) is 0 Å². The number of rotatable bonds is 6. The summed E-state index contributed by atoms with van der Waals surface area (Å²) < 4.78 is 20.2. The van der Waals surface area contributed by atoms with Gasteiger partial charge in [0.25, 0.3) is 0 Å². The second kappa shape index (κ2) is 8.71. The first-order valence-corrected chi connectivity index (χ1v) is 7.74. The fourth-order valence-corrected chi connectivity index (χ4v) is 2.38. The number of hydrogen-bond donors (Lipinski definition) is 0. The molecule has 0 aliphatic carbocycles. The summed E-state index contributed by atoms with van der Waals surface area (Å²) in [5, 5.41) is 0. The minimum absolute atomic E-state index is 0.300. The molecule has 6 heteroatoms. The first-order valence-electron chi connectivity index (χ1n) is 7.74. The first-order chi connectivity index (χ1) is 12.5. The summed E-state index contributed by atoms with van der Waals surface area (Å²) in [5.41, 5.74) is 1.97. The van der Waals surface area contributed by atoms with Crippen molar-refractivity contribution >= 4 is 23.6 Å². The molecule has 0 heterocycles. The van der Waals surface area contributed by atoms with Crippen LogP contribution in [0.25, 0.3) is 11.6 Å². The summed E-state index contributed by atoms with van der Waals surface area (Å²) >= 11 is 0. The van der Waals surface area contributed by atoms with Crippen molar-refractivity contribution in [2.75, 3.05) is 28.4 Å². The van der Waals surface area contributed by atoms with Crippen molar-refractivity contribution in [3.8, 4) is 11.5 Å². The van der Waals surface area contributed by atoms with Crippen molar-refractivity contribution in [2.24, 2.45) is 0 Å². The molecule has 0 N–H and O–H groups in total. The van der Waals surface area contributed by atoms with Crippen molar-refractivity contribution in [2.45, 2.75) is 0 Å². The van der Waals surface area contributed by atoms with Crippen LogP contribution in [0.1, 0.15) is 21.5 Å². The molecular formula is C20H20O6. The zero-order valence-corrected chi connectivity index (χ0v) is 15.1. The second-order valence-electron chi connectivity index (χ2n) is 5.23. The number of methoxy groups -OCH3 is 4. The maximum atomic E-state index is 12.3. The third-order valence-corrected chi connectivity index (χ3v) is 3.74. The van der Waals surface area contributed by atoms with Gasteiger partial charge in [0.15, 0.2) is 0 Å². The number of hydrogen-bond acceptors (Lipinski definition) is 6. The number of benzene rings is 2. The molecule has 136 valence electrons. The van der Waals surface area contributed by atoms with E-state index in [4.69, 9.17) is 14.2 Å². The third kappa shape index (κ3) is 4.22. The lowest BCUT2D eigenvalue weighted by Gasteiger charge is -2.12. The molecule has 0 bridgehead atoms. The summed E-state index contributed by atoms with van der Waals surface area (Å²) in [6, 6.07) is 11.8. The van der Waals surface area contributed by atoms with E-state index >= 15 is 0 Å². The van der Waals surface area contributed by atoms with Gasteiger partial charge in [0.05, 0.1) is 39.6 Å². The van der Waals surface area contributed by atoms with Crippen LogP contribution in [0.5, 0.6) is 11.5 Å². The predicted molar refractivity (Wildman–Crippen MR) is 97.2 cm³/mol. The molecule has 0 radical (unpaired) electrons. The van der Waals surface area contributed by atoms with Crippen LogP contribution >= 0.6 is 0 Å². The molecule has 0 unspecified atom stereocenters. The smallest absolute Gasteiger partial charge is 0.338 e. The van der Waals surface area contributed by atoms with E-state index in [0.717, 1.165) is 0 Å². The van der Waals surface area contributed by atoms with Gasteiger partial charge in [0.2, 0.25) is 0 Å². The molecule has 0 fully saturated rings. The van der Waals surface area contributed by atoms with Crippen molar-refractivity contribution in [3.05, 3.63) is 59.2 Å². The summed E-state index contributed by atoms with van der Waals surface area (Å²) in [6.07, 6.45) is 1.66. The summed E-state index contributed by atoms with van der Waals surface area (Å²) in [5.74, 6) is 0.141. The Hall–Kier alpha value is -3.28. The lowest BCUT2D eigenvalue weighted by Crippen LogP contribution is -2.06. The van der Waals surface area contributed by atoms with Crippen LogP contribution in [0.15, 0.2) is 42.5 Å². The molecule has 0 aromatic heterocycles. The quantitative estimate of drug-likeness (QED) is 0.450. The SMILES string of the molecule is COC(=O)/C(=C/c1ccc(C(=O)OC)cc1)c1cc(OC)ccc1OC. The number of esters is 2. The standard InChI is InChI=1S/C20H20O6/c1-23-15-9-10-18(24-2)16(12-15)17(20(22)26-4)11-13-5-7-14(8-6-13)19(21)25-3/h5-12H,1-4H3/b17-11+. The maximum absolute atomic E-state index is 12.3. The molecule has 0 saturated carbocycles. The Kier molecular flexibility index (Phi) is 6.38. The van der Waals surface area contributed by atoms with Crippen LogP contribution in [0.2, 0.25) is 0 Å². The van der Waals surface area contributed by atoms with E-state index in [1.54, 1.807) is 55.7 Å². The van der Waals surface area contributed by atoms with Crippen LogP contribution in [0.3, 0.4) is 0 Å². The molecular weight excluding hydrogens is 336 g/mol. The molecule has 2 aromatic carbocycles. The molecule has 2 aromatic rings. The maximum Gasteiger partial charge on any atom is 0.338 e. The molecule has 26 heavy (non-hydrogen) atoms. The highest BCUT2D eigenvalue weighted by Gasteiger charge is 2.18. The van der Waals surface area contributed by atoms with E-state index in [9.17, 15) is 9.59 Å². The molecule has 0 aliphatic rings. The summed E-state index contributed by atoms with van der Waals surface area (Å²) in [4.78, 5) is 23.9. The van der Waals surface area contributed by atoms with Gasteiger partial charge >= 0.3 is 11.9 Å². The first kappa shape index (κ1) is 19.1. The molecule has 2 rings (SSSR count). The van der Waals surface area contributed by atoms with Crippen LogP contribution in [0, 0.1) is 0 Å². The molecule has 0 saturated heterocycles. The highest BCUT2D eigenvalue weighted by molar-refractivity contribution is 6.22. The van der Waals surface area contributed by atoms with Gasteiger partial charge < -0.3 is 18.9 Å². The average molecular weight is 356 g/mol. The fraction of sp³-hybridized carbons (Fsp3) is 0.200. The van der Waals surface area contributed by atoms with Crippen molar-refractivity contribution in [1.29, 1.82) is 0 Å². The normalized spacial score (nSPS) is 10.8. The van der Waals surface area contributed by atoms with Crippen molar-refractivity contribution in [3.63, 3.8) is 0 Å². The highest BCUT2D eigenvalue weighted by Crippen LogP contribution is 2.32. The minimum Gasteiger partial charge on any atom is -0.497 e. The van der Waals surface area contributed by atoms with Crippen LogP contribution < -0.4 is 9.47 Å². The number of carbonyl (C=O) groups excluding carboxylic acids is 2. The fourth-order valence-electron chi connectivity index (χ4n) is 2.38. The lowest BCUT2D eigenvalue weighted by molar-refractivity contribution is -0.133. The number of carbonyl (C=O) groups is 2. The second-order valence-corrected chi connectivity index (χ2v) is 5.23. The topological polar surface area (TPSA) is 71.1 Å². The minimum atomic E-state index is -0.520. The monoisotopic (exact) mass is 356 g/mol. The van der Waals surface area contributed by atoms with Crippen LogP contribution in [-0.4, -0.2) is 40.4 Å². The molecule has 0 aliphatic heterocycles. The average Bonchev–Trinajstić information content (AvgIpc) is 2.70. The van der Waals surface area contributed by atoms with E-state index in [2.05, 4.69) is 4.74 Å². The van der Waals surface area contributed by atoms with Gasteiger partial charge in [-0.25, -0.2) is 9.59 Å². The Balaban J connectivity index is 2.53. The van der Waals surface area contributed by atoms with Gasteiger partial charge in [-0.2, -0.15) is 0 Å². The van der Waals surface area contributed by atoms with Crippen molar-refractivity contribution < 1.29 is 28.5 Å². The largest absolute Gasteiger partial charge is 0.497 e. The molecule has 0 atom stereocenters. The van der Waals surface area contributed by atoms with Gasteiger partial charge in [-0.05, 0) is 42.0 Å². The van der Waals surface area contributed by atoms with Gasteiger partial charge in [-0.15, -0.1) is 0 Å². The Labute approximate surface area is 151 Å². The Morgan fingerprint density at radius 3 is 2.08 bits per heavy atom. The number of ether oxygens (including phenoxy) is 4. The zero-order chi connectivity index (χ0) is 19.1. The Bertz CT molecular complexity index is 821. The van der Waals surface area contributed by atoms with E-state index in [0.29, 0.717) is 33.8 Å². The van der Waals surface area contributed by atoms with E-state index < -0.39 is 11.9 Å². The van der Waals surface area contributed by atoms with Gasteiger partial charge in [-0.3, -0.25) is 0 Å².